The lowest BCUT2D eigenvalue weighted by Crippen LogP contribution is -2.34. The number of nitrogens with one attached hydrogen (secondary N) is 2. The number of anilines is 1. The van der Waals surface area contributed by atoms with Crippen molar-refractivity contribution in [1.29, 1.82) is 0 Å². The van der Waals surface area contributed by atoms with Crippen LogP contribution in [0.2, 0.25) is 0 Å². The molecule has 3 N–H and O–H groups in total. The summed E-state index contributed by atoms with van der Waals surface area (Å²) in [7, 11) is 0. The summed E-state index contributed by atoms with van der Waals surface area (Å²) >= 11 is 0. The third kappa shape index (κ3) is 5.21. The van der Waals surface area contributed by atoms with Crippen LogP contribution in [0.25, 0.3) is 0 Å². The van der Waals surface area contributed by atoms with E-state index in [1.54, 1.807) is 0 Å². The molecule has 1 aliphatic heterocycles. The number of hydrogen-bond donors (Lipinski definition) is 3. The van der Waals surface area contributed by atoms with E-state index in [2.05, 4.69) is 10.6 Å². The van der Waals surface area contributed by atoms with Crippen LogP contribution in [-0.2, 0) is 16.1 Å². The van der Waals surface area contributed by atoms with Gasteiger partial charge in [-0.15, -0.1) is 0 Å². The maximum atomic E-state index is 12.3. The topological polar surface area (TPSA) is 98.7 Å². The third-order valence-electron chi connectivity index (χ3n) is 5.49. The zero-order chi connectivity index (χ0) is 19.2. The fourth-order valence-electron chi connectivity index (χ4n) is 3.82. The summed E-state index contributed by atoms with van der Waals surface area (Å²) < 4.78 is 0. The Morgan fingerprint density at radius 1 is 1.04 bits per heavy atom. The predicted octanol–water partition coefficient (Wildman–Crippen LogP) is 2.82. The van der Waals surface area contributed by atoms with Crippen LogP contribution in [0, 0.1) is 11.8 Å². The molecular formula is C20H27N3O4. The molecule has 1 aliphatic carbocycles. The lowest BCUT2D eigenvalue weighted by atomic mass is 9.81. The normalized spacial score (nSPS) is 22.3. The number of hydrogen-bond acceptors (Lipinski definition) is 3. The van der Waals surface area contributed by atoms with Crippen LogP contribution < -0.4 is 10.6 Å². The van der Waals surface area contributed by atoms with Crippen LogP contribution in [0.5, 0.6) is 0 Å². The monoisotopic (exact) mass is 373 g/mol. The van der Waals surface area contributed by atoms with Gasteiger partial charge < -0.3 is 20.6 Å². The minimum Gasteiger partial charge on any atom is -0.481 e. The number of amides is 3. The number of nitrogens with zero attached hydrogens (tertiary/aromatic N) is 1. The molecule has 7 nitrogen and oxygen atoms in total. The molecule has 0 spiro atoms. The first-order chi connectivity index (χ1) is 13.0. The summed E-state index contributed by atoms with van der Waals surface area (Å²) in [5.41, 5.74) is 1.64. The van der Waals surface area contributed by atoms with Gasteiger partial charge in [-0.1, -0.05) is 12.1 Å². The summed E-state index contributed by atoms with van der Waals surface area (Å²) in [5, 5.41) is 14.9. The van der Waals surface area contributed by atoms with Gasteiger partial charge in [-0.3, -0.25) is 9.59 Å². The van der Waals surface area contributed by atoms with Gasteiger partial charge in [-0.05, 0) is 56.2 Å². The maximum Gasteiger partial charge on any atom is 0.321 e. The summed E-state index contributed by atoms with van der Waals surface area (Å²) in [6.45, 7) is 1.99. The van der Waals surface area contributed by atoms with Gasteiger partial charge in [0.2, 0.25) is 5.91 Å². The Kier molecular flexibility index (Phi) is 6.32. The maximum absolute atomic E-state index is 12.3. The first-order valence-electron chi connectivity index (χ1n) is 9.68. The molecule has 7 heteroatoms. The number of carboxylic acid groups (broad SMARTS) is 1. The van der Waals surface area contributed by atoms with Crippen molar-refractivity contribution in [2.75, 3.05) is 18.4 Å². The number of carbonyl (C=O) groups is 3. The molecule has 1 aromatic rings. The third-order valence-corrected chi connectivity index (χ3v) is 5.49. The molecule has 3 amide bonds. The summed E-state index contributed by atoms with van der Waals surface area (Å²) in [5.74, 6) is -1.21. The average Bonchev–Trinajstić information content (AvgIpc) is 3.21. The largest absolute Gasteiger partial charge is 0.481 e. The average molecular weight is 373 g/mol. The predicted molar refractivity (Wildman–Crippen MR) is 101 cm³/mol. The zero-order valence-electron chi connectivity index (χ0n) is 15.4. The molecule has 1 saturated carbocycles. The van der Waals surface area contributed by atoms with Gasteiger partial charge in [0.15, 0.2) is 0 Å². The summed E-state index contributed by atoms with van der Waals surface area (Å²) in [4.78, 5) is 37.3. The van der Waals surface area contributed by atoms with Crippen LogP contribution in [0.1, 0.15) is 44.1 Å². The second kappa shape index (κ2) is 8.88. The molecule has 0 aromatic heterocycles. The van der Waals surface area contributed by atoms with E-state index in [1.807, 2.05) is 29.2 Å². The van der Waals surface area contributed by atoms with Crippen molar-refractivity contribution >= 4 is 23.6 Å². The molecule has 1 saturated heterocycles. The van der Waals surface area contributed by atoms with E-state index < -0.39 is 5.97 Å². The molecule has 146 valence electrons. The van der Waals surface area contributed by atoms with E-state index in [1.165, 1.54) is 0 Å². The standard InChI is InChI=1S/C20H27N3O4/c24-18(15-6-8-16(9-7-15)19(25)26)21-13-14-4-3-5-17(12-14)22-20(27)23-10-1-2-11-23/h3-5,12,15-16H,1-2,6-11,13H2,(H,21,24)(H,22,27)(H,25,26). The molecule has 0 radical (unpaired) electrons. The Hall–Kier alpha value is -2.57. The lowest BCUT2D eigenvalue weighted by molar-refractivity contribution is -0.144. The Labute approximate surface area is 159 Å². The summed E-state index contributed by atoms with van der Waals surface area (Å²) in [6, 6.07) is 7.40. The first kappa shape index (κ1) is 19.2. The summed E-state index contributed by atoms with van der Waals surface area (Å²) in [6.07, 6.45) is 4.46. The Bertz CT molecular complexity index is 692. The van der Waals surface area contributed by atoms with Gasteiger partial charge in [0.1, 0.15) is 0 Å². The number of aliphatic carboxylic acids is 1. The van der Waals surface area contributed by atoms with E-state index in [-0.39, 0.29) is 23.8 Å². The van der Waals surface area contributed by atoms with E-state index >= 15 is 0 Å². The molecule has 27 heavy (non-hydrogen) atoms. The molecule has 1 heterocycles. The van der Waals surface area contributed by atoms with Gasteiger partial charge >= 0.3 is 12.0 Å². The van der Waals surface area contributed by atoms with Gasteiger partial charge in [0.25, 0.3) is 0 Å². The highest BCUT2D eigenvalue weighted by atomic mass is 16.4. The van der Waals surface area contributed by atoms with Crippen molar-refractivity contribution in [2.45, 2.75) is 45.1 Å². The van der Waals surface area contributed by atoms with Crippen LogP contribution >= 0.6 is 0 Å². The van der Waals surface area contributed by atoms with Crippen molar-refractivity contribution in [2.24, 2.45) is 11.8 Å². The molecule has 2 aliphatic rings. The molecule has 1 aromatic carbocycles. The van der Waals surface area contributed by atoms with Gasteiger partial charge in [0.05, 0.1) is 5.92 Å². The van der Waals surface area contributed by atoms with Crippen molar-refractivity contribution in [3.8, 4) is 0 Å². The van der Waals surface area contributed by atoms with E-state index in [4.69, 9.17) is 5.11 Å². The second-order valence-corrected chi connectivity index (χ2v) is 7.43. The molecule has 2 fully saturated rings. The van der Waals surface area contributed by atoms with Crippen LogP contribution in [0.4, 0.5) is 10.5 Å². The Morgan fingerprint density at radius 3 is 2.37 bits per heavy atom. The van der Waals surface area contributed by atoms with Crippen LogP contribution in [0.3, 0.4) is 0 Å². The fraction of sp³-hybridized carbons (Fsp3) is 0.550. The molecular weight excluding hydrogens is 346 g/mol. The number of urea groups is 1. The highest BCUT2D eigenvalue weighted by Crippen LogP contribution is 2.29. The van der Waals surface area contributed by atoms with Gasteiger partial charge in [-0.2, -0.15) is 0 Å². The highest BCUT2D eigenvalue weighted by molar-refractivity contribution is 5.89. The quantitative estimate of drug-likeness (QED) is 0.739. The second-order valence-electron chi connectivity index (χ2n) is 7.43. The molecule has 0 bridgehead atoms. The van der Waals surface area contributed by atoms with E-state index in [0.29, 0.717) is 32.2 Å². The van der Waals surface area contributed by atoms with Crippen molar-refractivity contribution in [3.05, 3.63) is 29.8 Å². The van der Waals surface area contributed by atoms with Gasteiger partial charge in [-0.25, -0.2) is 4.79 Å². The highest BCUT2D eigenvalue weighted by Gasteiger charge is 2.29. The molecule has 0 unspecified atom stereocenters. The van der Waals surface area contributed by atoms with E-state index in [9.17, 15) is 14.4 Å². The Balaban J connectivity index is 1.47. The van der Waals surface area contributed by atoms with Crippen LogP contribution in [0.15, 0.2) is 24.3 Å². The SMILES string of the molecule is O=C(O)C1CCC(C(=O)NCc2cccc(NC(=O)N3CCCC3)c2)CC1. The zero-order valence-corrected chi connectivity index (χ0v) is 15.4. The lowest BCUT2D eigenvalue weighted by Gasteiger charge is -2.25. The van der Waals surface area contributed by atoms with Crippen molar-refractivity contribution in [1.82, 2.24) is 10.2 Å². The first-order valence-corrected chi connectivity index (χ1v) is 9.68. The number of likely N-dealkylation sites (tertiary alicyclic amines) is 1. The smallest absolute Gasteiger partial charge is 0.321 e. The minimum absolute atomic E-state index is 0.0228. The molecule has 0 atom stereocenters. The van der Waals surface area contributed by atoms with Crippen molar-refractivity contribution in [3.63, 3.8) is 0 Å². The molecule has 3 rings (SSSR count). The Morgan fingerprint density at radius 2 is 1.70 bits per heavy atom. The number of benzene rings is 1. The minimum atomic E-state index is -0.762. The van der Waals surface area contributed by atoms with E-state index in [0.717, 1.165) is 37.2 Å². The number of carboxylic acids is 1. The van der Waals surface area contributed by atoms with Crippen molar-refractivity contribution < 1.29 is 19.5 Å². The van der Waals surface area contributed by atoms with Gasteiger partial charge in [0, 0.05) is 31.2 Å². The number of rotatable bonds is 5. The fourth-order valence-corrected chi connectivity index (χ4v) is 3.82. The van der Waals surface area contributed by atoms with Crippen LogP contribution in [-0.4, -0.2) is 41.0 Å². The number of carbonyl (C=O) groups excluding carboxylic acids is 2.